The third-order valence-electron chi connectivity index (χ3n) is 3.26. The van der Waals surface area contributed by atoms with Gasteiger partial charge in [-0.3, -0.25) is 0 Å². The van der Waals surface area contributed by atoms with Crippen molar-refractivity contribution in [3.05, 3.63) is 46.6 Å². The van der Waals surface area contributed by atoms with E-state index in [1.807, 2.05) is 26.0 Å². The standard InChI is InChI=1S/C15H15FN4S/c1-8-7-11-13(19-15(17)20-14(11)21-8)18-9(2)10-5-3-4-6-12(10)16/h3-7,9H,1-2H3,(H3,17,18,19,20). The van der Waals surface area contributed by atoms with Crippen LogP contribution >= 0.6 is 11.3 Å². The number of hydrogen-bond donors (Lipinski definition) is 2. The molecule has 21 heavy (non-hydrogen) atoms. The molecule has 1 unspecified atom stereocenters. The molecule has 0 amide bonds. The lowest BCUT2D eigenvalue weighted by atomic mass is 10.1. The summed E-state index contributed by atoms with van der Waals surface area (Å²) in [4.78, 5) is 10.4. The van der Waals surface area contributed by atoms with E-state index in [-0.39, 0.29) is 17.8 Å². The van der Waals surface area contributed by atoms with E-state index >= 15 is 0 Å². The molecule has 0 radical (unpaired) electrons. The molecule has 0 saturated carbocycles. The zero-order chi connectivity index (χ0) is 15.0. The maximum Gasteiger partial charge on any atom is 0.223 e. The van der Waals surface area contributed by atoms with Crippen molar-refractivity contribution >= 4 is 33.3 Å². The van der Waals surface area contributed by atoms with Gasteiger partial charge in [0.1, 0.15) is 16.5 Å². The molecule has 6 heteroatoms. The van der Waals surface area contributed by atoms with Crippen LogP contribution in [0.25, 0.3) is 10.2 Å². The second-order valence-corrected chi connectivity index (χ2v) is 6.13. The molecule has 4 nitrogen and oxygen atoms in total. The summed E-state index contributed by atoms with van der Waals surface area (Å²) < 4.78 is 13.8. The molecule has 1 aromatic carbocycles. The van der Waals surface area contributed by atoms with Gasteiger partial charge in [0, 0.05) is 10.4 Å². The van der Waals surface area contributed by atoms with Crippen molar-refractivity contribution in [3.63, 3.8) is 0 Å². The molecule has 3 aromatic rings. The highest BCUT2D eigenvalue weighted by atomic mass is 32.1. The minimum Gasteiger partial charge on any atom is -0.368 e. The molecule has 108 valence electrons. The van der Waals surface area contributed by atoms with Gasteiger partial charge >= 0.3 is 0 Å². The number of halogens is 1. The number of fused-ring (bicyclic) bond motifs is 1. The van der Waals surface area contributed by atoms with E-state index in [0.717, 1.165) is 15.1 Å². The topological polar surface area (TPSA) is 63.8 Å². The van der Waals surface area contributed by atoms with Crippen LogP contribution in [-0.2, 0) is 0 Å². The lowest BCUT2D eigenvalue weighted by molar-refractivity contribution is 0.600. The van der Waals surface area contributed by atoms with Crippen LogP contribution in [-0.4, -0.2) is 9.97 Å². The number of rotatable bonds is 3. The molecule has 1 atom stereocenters. The first-order valence-corrected chi connectivity index (χ1v) is 7.41. The van der Waals surface area contributed by atoms with Crippen molar-refractivity contribution in [2.75, 3.05) is 11.1 Å². The fraction of sp³-hybridized carbons (Fsp3) is 0.200. The SMILES string of the molecule is Cc1cc2c(NC(C)c3ccccc3F)nc(N)nc2s1. The molecular weight excluding hydrogens is 287 g/mol. The molecule has 0 aliphatic rings. The van der Waals surface area contributed by atoms with Crippen molar-refractivity contribution in [3.8, 4) is 0 Å². The van der Waals surface area contributed by atoms with Crippen LogP contribution in [0, 0.1) is 12.7 Å². The third-order valence-corrected chi connectivity index (χ3v) is 4.20. The van der Waals surface area contributed by atoms with Crippen molar-refractivity contribution in [2.45, 2.75) is 19.9 Å². The number of aromatic nitrogens is 2. The summed E-state index contributed by atoms with van der Waals surface area (Å²) in [6, 6.07) is 8.49. The van der Waals surface area contributed by atoms with E-state index in [1.54, 1.807) is 23.5 Å². The van der Waals surface area contributed by atoms with E-state index in [2.05, 4.69) is 15.3 Å². The first-order valence-electron chi connectivity index (χ1n) is 6.59. The van der Waals surface area contributed by atoms with Gasteiger partial charge in [0.2, 0.25) is 5.95 Å². The van der Waals surface area contributed by atoms with Gasteiger partial charge in [-0.1, -0.05) is 18.2 Å². The number of thiophene rings is 1. The summed E-state index contributed by atoms with van der Waals surface area (Å²) in [6.45, 7) is 3.90. The van der Waals surface area contributed by atoms with Gasteiger partial charge in [-0.15, -0.1) is 11.3 Å². The van der Waals surface area contributed by atoms with Crippen LogP contribution in [0.4, 0.5) is 16.2 Å². The molecule has 0 saturated heterocycles. The third kappa shape index (κ3) is 2.67. The second kappa shape index (κ2) is 5.29. The van der Waals surface area contributed by atoms with Crippen LogP contribution in [0.5, 0.6) is 0 Å². The normalized spacial score (nSPS) is 12.5. The minimum absolute atomic E-state index is 0.215. The fourth-order valence-corrected chi connectivity index (χ4v) is 3.16. The number of anilines is 2. The summed E-state index contributed by atoms with van der Waals surface area (Å²) in [7, 11) is 0. The zero-order valence-corrected chi connectivity index (χ0v) is 12.5. The van der Waals surface area contributed by atoms with Crippen LogP contribution in [0.15, 0.2) is 30.3 Å². The quantitative estimate of drug-likeness (QED) is 0.770. The number of nitrogens with two attached hydrogens (primary N) is 1. The maximum atomic E-state index is 13.8. The molecule has 3 N–H and O–H groups in total. The number of nitrogens with one attached hydrogen (secondary N) is 1. The average molecular weight is 302 g/mol. The summed E-state index contributed by atoms with van der Waals surface area (Å²) in [5, 5.41) is 4.14. The van der Waals surface area contributed by atoms with Gasteiger partial charge in [-0.25, -0.2) is 9.37 Å². The van der Waals surface area contributed by atoms with E-state index in [4.69, 9.17) is 5.73 Å². The number of nitrogen functional groups attached to an aromatic ring is 1. The Kier molecular flexibility index (Phi) is 3.47. The summed E-state index contributed by atoms with van der Waals surface area (Å²) in [5.41, 5.74) is 6.34. The number of nitrogens with zero attached hydrogens (tertiary/aromatic N) is 2. The molecule has 0 spiro atoms. The van der Waals surface area contributed by atoms with E-state index in [1.165, 1.54) is 6.07 Å². The number of hydrogen-bond acceptors (Lipinski definition) is 5. The lowest BCUT2D eigenvalue weighted by Gasteiger charge is -2.16. The Bertz CT molecular complexity index is 799. The Hall–Kier alpha value is -2.21. The Morgan fingerprint density at radius 3 is 2.81 bits per heavy atom. The highest BCUT2D eigenvalue weighted by Gasteiger charge is 2.14. The Labute approximate surface area is 125 Å². The van der Waals surface area contributed by atoms with Crippen LogP contribution in [0.1, 0.15) is 23.4 Å². The Morgan fingerprint density at radius 1 is 1.29 bits per heavy atom. The number of aryl methyl sites for hydroxylation is 1. The maximum absolute atomic E-state index is 13.8. The second-order valence-electron chi connectivity index (χ2n) is 4.89. The van der Waals surface area contributed by atoms with Gasteiger partial charge in [-0.05, 0) is 26.0 Å². The first-order chi connectivity index (χ1) is 10.0. The van der Waals surface area contributed by atoms with Gasteiger partial charge in [0.25, 0.3) is 0 Å². The molecule has 0 aliphatic carbocycles. The Balaban J connectivity index is 2.00. The summed E-state index contributed by atoms with van der Waals surface area (Å²) in [5.74, 6) is 0.613. The molecular formula is C15H15FN4S. The lowest BCUT2D eigenvalue weighted by Crippen LogP contribution is -2.11. The van der Waals surface area contributed by atoms with Gasteiger partial charge in [-0.2, -0.15) is 4.98 Å². The van der Waals surface area contributed by atoms with Crippen LogP contribution in [0.3, 0.4) is 0 Å². The van der Waals surface area contributed by atoms with Gasteiger partial charge < -0.3 is 11.1 Å². The van der Waals surface area contributed by atoms with E-state index in [0.29, 0.717) is 11.4 Å². The smallest absolute Gasteiger partial charge is 0.223 e. The van der Waals surface area contributed by atoms with Crippen LogP contribution < -0.4 is 11.1 Å². The summed E-state index contributed by atoms with van der Waals surface area (Å²) >= 11 is 1.56. The first kappa shape index (κ1) is 13.8. The molecule has 0 fully saturated rings. The molecule has 2 heterocycles. The summed E-state index contributed by atoms with van der Waals surface area (Å²) in [6.07, 6.45) is 0. The van der Waals surface area contributed by atoms with Gasteiger partial charge in [0.15, 0.2) is 0 Å². The molecule has 0 aliphatic heterocycles. The van der Waals surface area contributed by atoms with Crippen molar-refractivity contribution in [2.24, 2.45) is 0 Å². The highest BCUT2D eigenvalue weighted by Crippen LogP contribution is 2.31. The Morgan fingerprint density at radius 2 is 2.05 bits per heavy atom. The fourth-order valence-electron chi connectivity index (χ4n) is 2.28. The molecule has 3 rings (SSSR count). The van der Waals surface area contributed by atoms with E-state index < -0.39 is 0 Å². The predicted octanol–water partition coefficient (Wildman–Crippen LogP) is 3.89. The largest absolute Gasteiger partial charge is 0.368 e. The monoisotopic (exact) mass is 302 g/mol. The van der Waals surface area contributed by atoms with Gasteiger partial charge in [0.05, 0.1) is 11.4 Å². The predicted molar refractivity (Wildman–Crippen MR) is 85.0 cm³/mol. The highest BCUT2D eigenvalue weighted by molar-refractivity contribution is 7.18. The number of benzene rings is 1. The minimum atomic E-state index is -0.239. The zero-order valence-electron chi connectivity index (χ0n) is 11.7. The van der Waals surface area contributed by atoms with E-state index in [9.17, 15) is 4.39 Å². The van der Waals surface area contributed by atoms with Crippen molar-refractivity contribution in [1.82, 2.24) is 9.97 Å². The van der Waals surface area contributed by atoms with Crippen LogP contribution in [0.2, 0.25) is 0 Å². The molecule has 0 bridgehead atoms. The average Bonchev–Trinajstić information content (AvgIpc) is 2.79. The van der Waals surface area contributed by atoms with Crippen molar-refractivity contribution in [1.29, 1.82) is 0 Å². The molecule has 2 aromatic heterocycles. The van der Waals surface area contributed by atoms with Crippen molar-refractivity contribution < 1.29 is 4.39 Å².